The summed E-state index contributed by atoms with van der Waals surface area (Å²) in [5.41, 5.74) is 0.621. The molecule has 3 rings (SSSR count). The van der Waals surface area contributed by atoms with E-state index in [1.54, 1.807) is 31.2 Å². The summed E-state index contributed by atoms with van der Waals surface area (Å²) in [6, 6.07) is 14.4. The summed E-state index contributed by atoms with van der Waals surface area (Å²) < 4.78 is 50.9. The molecule has 0 atom stereocenters. The fraction of sp³-hybridized carbons (Fsp3) is 0.208. The van der Waals surface area contributed by atoms with Gasteiger partial charge in [0.05, 0.1) is 24.3 Å². The number of benzene rings is 3. The summed E-state index contributed by atoms with van der Waals surface area (Å²) in [6.45, 7) is 1.35. The highest BCUT2D eigenvalue weighted by atomic mass is 35.5. The summed E-state index contributed by atoms with van der Waals surface area (Å²) in [7, 11) is 0. The van der Waals surface area contributed by atoms with Gasteiger partial charge in [0.2, 0.25) is 0 Å². The van der Waals surface area contributed by atoms with Gasteiger partial charge in [-0.25, -0.2) is 4.79 Å². The maximum atomic E-state index is 13.3. The number of ether oxygens (including phenoxy) is 2. The Bertz CT molecular complexity index is 1110. The van der Waals surface area contributed by atoms with Crippen molar-refractivity contribution < 1.29 is 32.5 Å². The van der Waals surface area contributed by atoms with Crippen LogP contribution in [0.5, 0.6) is 5.75 Å². The number of aliphatic hydroxyl groups excluding tert-OH is 1. The number of hydrogen-bond acceptors (Lipinski definition) is 4. The zero-order valence-corrected chi connectivity index (χ0v) is 17.8. The number of halogens is 4. The van der Waals surface area contributed by atoms with Crippen molar-refractivity contribution >= 4 is 17.6 Å². The highest BCUT2D eigenvalue weighted by Crippen LogP contribution is 2.43. The Balaban J connectivity index is 2.33. The predicted molar refractivity (Wildman–Crippen MR) is 116 cm³/mol. The Morgan fingerprint density at radius 3 is 2.38 bits per heavy atom. The highest BCUT2D eigenvalue weighted by Gasteiger charge is 2.31. The minimum Gasteiger partial charge on any atom is -0.490 e. The molecule has 0 saturated heterocycles. The van der Waals surface area contributed by atoms with Crippen LogP contribution in [-0.2, 0) is 10.9 Å². The van der Waals surface area contributed by atoms with Crippen molar-refractivity contribution in [3.8, 4) is 28.0 Å². The van der Waals surface area contributed by atoms with Gasteiger partial charge in [0.25, 0.3) is 0 Å². The molecule has 8 heteroatoms. The van der Waals surface area contributed by atoms with Crippen molar-refractivity contribution in [2.75, 3.05) is 19.8 Å². The van der Waals surface area contributed by atoms with Crippen LogP contribution in [-0.4, -0.2) is 30.9 Å². The first-order valence-corrected chi connectivity index (χ1v) is 10.2. The molecular weight excluding hydrogens is 445 g/mol. The maximum absolute atomic E-state index is 13.3. The third-order valence-corrected chi connectivity index (χ3v) is 4.93. The number of hydrogen-bond donors (Lipinski definition) is 1. The molecule has 3 aromatic rings. The molecule has 0 aliphatic carbocycles. The van der Waals surface area contributed by atoms with Gasteiger partial charge in [-0.05, 0) is 42.8 Å². The molecule has 0 unspecified atom stereocenters. The van der Waals surface area contributed by atoms with E-state index < -0.39 is 17.7 Å². The Kier molecular flexibility index (Phi) is 7.43. The third-order valence-electron chi connectivity index (χ3n) is 4.60. The summed E-state index contributed by atoms with van der Waals surface area (Å²) in [5.74, 6) is -0.442. The number of carbonyl (C=O) groups is 1. The summed E-state index contributed by atoms with van der Waals surface area (Å²) >= 11 is 6.37. The normalized spacial score (nSPS) is 11.3. The quantitative estimate of drug-likeness (QED) is 0.420. The van der Waals surface area contributed by atoms with E-state index in [2.05, 4.69) is 0 Å². The fourth-order valence-electron chi connectivity index (χ4n) is 3.22. The van der Waals surface area contributed by atoms with E-state index >= 15 is 0 Å². The van der Waals surface area contributed by atoms with Crippen LogP contribution in [0.15, 0.2) is 60.7 Å². The number of aliphatic hydroxyl groups is 1. The number of esters is 1. The number of rotatable bonds is 7. The first-order chi connectivity index (χ1) is 15.3. The zero-order chi connectivity index (χ0) is 23.3. The van der Waals surface area contributed by atoms with E-state index in [9.17, 15) is 23.1 Å². The molecular formula is C24H20ClF3O4. The van der Waals surface area contributed by atoms with Gasteiger partial charge >= 0.3 is 12.1 Å². The third kappa shape index (κ3) is 5.23. The Hall–Kier alpha value is -3.03. The van der Waals surface area contributed by atoms with Crippen molar-refractivity contribution in [3.05, 3.63) is 76.8 Å². The standard InChI is InChI=1S/C24H20ClF3O4/c1-2-31-23(30)16-13-19(15-6-5-7-17(12-15)24(26,27)28)22(32-11-10-29)20(14-16)18-8-3-4-9-21(18)25/h3-9,12-14,29H,2,10-11H2,1H3. The average Bonchev–Trinajstić information content (AvgIpc) is 2.77. The van der Waals surface area contributed by atoms with Gasteiger partial charge in [-0.15, -0.1) is 0 Å². The molecule has 0 amide bonds. The van der Waals surface area contributed by atoms with Crippen LogP contribution in [0.3, 0.4) is 0 Å². The monoisotopic (exact) mass is 464 g/mol. The Morgan fingerprint density at radius 1 is 1.00 bits per heavy atom. The first-order valence-electron chi connectivity index (χ1n) is 9.77. The Morgan fingerprint density at radius 2 is 1.72 bits per heavy atom. The molecule has 0 bridgehead atoms. The zero-order valence-electron chi connectivity index (χ0n) is 17.1. The largest absolute Gasteiger partial charge is 0.490 e. The smallest absolute Gasteiger partial charge is 0.416 e. The predicted octanol–water partition coefficient (Wildman–Crippen LogP) is 6.24. The summed E-state index contributed by atoms with van der Waals surface area (Å²) in [6.07, 6.45) is -4.55. The van der Waals surface area contributed by atoms with Crippen molar-refractivity contribution in [3.63, 3.8) is 0 Å². The maximum Gasteiger partial charge on any atom is 0.416 e. The lowest BCUT2D eigenvalue weighted by Gasteiger charge is -2.19. The van der Waals surface area contributed by atoms with Crippen LogP contribution in [0.2, 0.25) is 5.02 Å². The molecule has 0 saturated carbocycles. The number of alkyl halides is 3. The lowest BCUT2D eigenvalue weighted by atomic mass is 9.93. The molecule has 0 heterocycles. The second-order valence-electron chi connectivity index (χ2n) is 6.75. The van der Waals surface area contributed by atoms with E-state index in [1.807, 2.05) is 0 Å². The van der Waals surface area contributed by atoms with E-state index in [0.717, 1.165) is 12.1 Å². The van der Waals surface area contributed by atoms with Gasteiger partial charge < -0.3 is 14.6 Å². The van der Waals surface area contributed by atoms with E-state index in [-0.39, 0.29) is 42.3 Å². The van der Waals surface area contributed by atoms with Crippen LogP contribution in [0, 0.1) is 0 Å². The first kappa shape index (κ1) is 23.6. The van der Waals surface area contributed by atoms with Crippen LogP contribution in [0.25, 0.3) is 22.3 Å². The minimum absolute atomic E-state index is 0.109. The average molecular weight is 465 g/mol. The molecule has 168 valence electrons. The molecule has 1 N–H and O–H groups in total. The van der Waals surface area contributed by atoms with Gasteiger partial charge in [-0.2, -0.15) is 13.2 Å². The van der Waals surface area contributed by atoms with E-state index in [4.69, 9.17) is 21.1 Å². The molecule has 0 aliphatic rings. The van der Waals surface area contributed by atoms with Crippen molar-refractivity contribution in [2.45, 2.75) is 13.1 Å². The molecule has 0 aromatic heterocycles. The van der Waals surface area contributed by atoms with Gasteiger partial charge in [0.1, 0.15) is 12.4 Å². The Labute approximate surface area is 188 Å². The van der Waals surface area contributed by atoms with Crippen LogP contribution in [0.4, 0.5) is 13.2 Å². The summed E-state index contributed by atoms with van der Waals surface area (Å²) in [5, 5.41) is 9.65. The van der Waals surface area contributed by atoms with Crippen molar-refractivity contribution in [1.29, 1.82) is 0 Å². The molecule has 3 aromatic carbocycles. The number of carbonyl (C=O) groups excluding carboxylic acids is 1. The SMILES string of the molecule is CCOC(=O)c1cc(-c2cccc(C(F)(F)F)c2)c(OCCO)c(-c2ccccc2Cl)c1. The second kappa shape index (κ2) is 10.1. The van der Waals surface area contributed by atoms with E-state index in [0.29, 0.717) is 16.1 Å². The van der Waals surface area contributed by atoms with Gasteiger partial charge in [-0.3, -0.25) is 0 Å². The van der Waals surface area contributed by atoms with Crippen molar-refractivity contribution in [1.82, 2.24) is 0 Å². The second-order valence-corrected chi connectivity index (χ2v) is 7.16. The molecule has 0 fully saturated rings. The van der Waals surface area contributed by atoms with E-state index in [1.165, 1.54) is 24.3 Å². The molecule has 4 nitrogen and oxygen atoms in total. The van der Waals surface area contributed by atoms with Crippen LogP contribution in [0.1, 0.15) is 22.8 Å². The highest BCUT2D eigenvalue weighted by molar-refractivity contribution is 6.33. The van der Waals surface area contributed by atoms with Gasteiger partial charge in [0.15, 0.2) is 0 Å². The molecule has 0 radical (unpaired) electrons. The fourth-order valence-corrected chi connectivity index (χ4v) is 3.46. The van der Waals surface area contributed by atoms with Crippen LogP contribution >= 0.6 is 11.6 Å². The minimum atomic E-state index is -4.55. The molecule has 32 heavy (non-hydrogen) atoms. The van der Waals surface area contributed by atoms with Gasteiger partial charge in [0, 0.05) is 21.7 Å². The molecule has 0 spiro atoms. The van der Waals surface area contributed by atoms with Crippen LogP contribution < -0.4 is 4.74 Å². The molecule has 0 aliphatic heterocycles. The van der Waals surface area contributed by atoms with Gasteiger partial charge in [-0.1, -0.05) is 41.9 Å². The lowest BCUT2D eigenvalue weighted by Crippen LogP contribution is -2.09. The van der Waals surface area contributed by atoms with Crippen molar-refractivity contribution in [2.24, 2.45) is 0 Å². The lowest BCUT2D eigenvalue weighted by molar-refractivity contribution is -0.137. The summed E-state index contributed by atoms with van der Waals surface area (Å²) in [4.78, 5) is 12.5. The topological polar surface area (TPSA) is 55.8 Å².